The van der Waals surface area contributed by atoms with E-state index in [9.17, 15) is 23.6 Å². The molecule has 2 amide bonds. The first-order valence-corrected chi connectivity index (χ1v) is 9.21. The molecule has 2 atom stereocenters. The first kappa shape index (κ1) is 21.0. The van der Waals surface area contributed by atoms with Crippen LogP contribution in [0.5, 0.6) is 0 Å². The SMILES string of the molecule is N#C[C@@H]1CN(C(=O)OCCF)CC[C@H]1n1cc(C(N)=O)c(Nc2ccc(F)cc2)n1. The van der Waals surface area contributed by atoms with Gasteiger partial charge in [-0.1, -0.05) is 0 Å². The number of carbonyl (C=O) groups excluding carboxylic acids is 2. The van der Waals surface area contributed by atoms with E-state index in [4.69, 9.17) is 10.5 Å². The van der Waals surface area contributed by atoms with Crippen LogP contribution in [0.15, 0.2) is 30.5 Å². The van der Waals surface area contributed by atoms with Crippen LogP contribution in [-0.2, 0) is 4.74 Å². The zero-order valence-electron chi connectivity index (χ0n) is 15.9. The van der Waals surface area contributed by atoms with Crippen molar-refractivity contribution in [1.29, 1.82) is 5.26 Å². The molecule has 2 aromatic rings. The number of aromatic nitrogens is 2. The Bertz CT molecular complexity index is 956. The number of likely N-dealkylation sites (tertiary alicyclic amines) is 1. The van der Waals surface area contributed by atoms with Crippen molar-refractivity contribution in [2.24, 2.45) is 11.7 Å². The summed E-state index contributed by atoms with van der Waals surface area (Å²) in [6, 6.07) is 7.21. The van der Waals surface area contributed by atoms with E-state index >= 15 is 0 Å². The Morgan fingerprint density at radius 3 is 2.73 bits per heavy atom. The zero-order valence-corrected chi connectivity index (χ0v) is 15.9. The van der Waals surface area contributed by atoms with E-state index in [1.807, 2.05) is 0 Å². The van der Waals surface area contributed by atoms with Gasteiger partial charge in [-0.3, -0.25) is 9.48 Å². The lowest BCUT2D eigenvalue weighted by atomic mass is 9.94. The Morgan fingerprint density at radius 1 is 1.37 bits per heavy atom. The number of alkyl halides is 1. The largest absolute Gasteiger partial charge is 0.447 e. The number of nitrogens with one attached hydrogen (secondary N) is 1. The minimum absolute atomic E-state index is 0.0821. The van der Waals surface area contributed by atoms with Gasteiger partial charge in [0.25, 0.3) is 5.91 Å². The van der Waals surface area contributed by atoms with Gasteiger partial charge in [-0.25, -0.2) is 13.6 Å². The number of benzene rings is 1. The number of rotatable bonds is 6. The molecule has 9 nitrogen and oxygen atoms in total. The molecular formula is C19H20F2N6O3. The molecule has 1 aliphatic heterocycles. The fraction of sp³-hybridized carbons (Fsp3) is 0.368. The fourth-order valence-electron chi connectivity index (χ4n) is 3.27. The van der Waals surface area contributed by atoms with E-state index < -0.39 is 36.5 Å². The van der Waals surface area contributed by atoms with E-state index in [1.54, 1.807) is 0 Å². The molecule has 0 radical (unpaired) electrons. The lowest BCUT2D eigenvalue weighted by Gasteiger charge is -2.34. The number of hydrogen-bond acceptors (Lipinski definition) is 6. The Morgan fingerprint density at radius 2 is 2.10 bits per heavy atom. The van der Waals surface area contributed by atoms with E-state index in [0.29, 0.717) is 12.1 Å². The van der Waals surface area contributed by atoms with Gasteiger partial charge in [-0.15, -0.1) is 0 Å². The van der Waals surface area contributed by atoms with Gasteiger partial charge in [-0.05, 0) is 30.7 Å². The van der Waals surface area contributed by atoms with E-state index in [1.165, 1.54) is 40.0 Å². The molecule has 3 rings (SSSR count). The molecule has 0 bridgehead atoms. The Hall–Kier alpha value is -3.68. The average Bonchev–Trinajstić information content (AvgIpc) is 3.17. The first-order valence-electron chi connectivity index (χ1n) is 9.21. The van der Waals surface area contributed by atoms with Crippen LogP contribution in [0.4, 0.5) is 25.1 Å². The highest BCUT2D eigenvalue weighted by molar-refractivity contribution is 5.98. The van der Waals surface area contributed by atoms with Crippen molar-refractivity contribution >= 4 is 23.5 Å². The fourth-order valence-corrected chi connectivity index (χ4v) is 3.27. The molecule has 0 aliphatic carbocycles. The highest BCUT2D eigenvalue weighted by Gasteiger charge is 2.34. The highest BCUT2D eigenvalue weighted by Crippen LogP contribution is 2.30. The standard InChI is InChI=1S/C19H20F2N6O3/c20-6-8-30-19(29)26-7-5-16(12(9-22)10-26)27-11-15(17(23)28)18(25-27)24-14-3-1-13(21)2-4-14/h1-4,11-12,16H,5-8,10H2,(H2,23,28)(H,24,25)/t12-,16-/m1/s1. The van der Waals surface area contributed by atoms with Crippen molar-refractivity contribution in [2.75, 3.05) is 31.7 Å². The second-order valence-electron chi connectivity index (χ2n) is 6.71. The molecule has 1 fully saturated rings. The maximum absolute atomic E-state index is 13.1. The van der Waals surface area contributed by atoms with Crippen molar-refractivity contribution in [3.8, 4) is 6.07 Å². The molecule has 1 aliphatic rings. The van der Waals surface area contributed by atoms with Crippen LogP contribution in [0.1, 0.15) is 22.8 Å². The topological polar surface area (TPSA) is 126 Å². The molecular weight excluding hydrogens is 398 g/mol. The zero-order chi connectivity index (χ0) is 21.7. The van der Waals surface area contributed by atoms with Gasteiger partial charge in [0.15, 0.2) is 5.82 Å². The number of ether oxygens (including phenoxy) is 1. The Labute approximate surface area is 171 Å². The minimum atomic E-state index is -0.781. The van der Waals surface area contributed by atoms with Crippen molar-refractivity contribution < 1.29 is 23.1 Å². The number of nitriles is 1. The van der Waals surface area contributed by atoms with Gasteiger partial charge in [-0.2, -0.15) is 10.4 Å². The van der Waals surface area contributed by atoms with Crippen LogP contribution >= 0.6 is 0 Å². The van der Waals surface area contributed by atoms with Crippen molar-refractivity contribution in [3.63, 3.8) is 0 Å². The summed E-state index contributed by atoms with van der Waals surface area (Å²) in [4.78, 5) is 25.1. The molecule has 1 saturated heterocycles. The molecule has 30 heavy (non-hydrogen) atoms. The lowest BCUT2D eigenvalue weighted by molar-refractivity contribution is 0.0738. The molecule has 1 aromatic carbocycles. The minimum Gasteiger partial charge on any atom is -0.447 e. The van der Waals surface area contributed by atoms with Crippen molar-refractivity contribution in [3.05, 3.63) is 41.8 Å². The molecule has 11 heteroatoms. The number of hydrogen-bond donors (Lipinski definition) is 2. The molecule has 1 aromatic heterocycles. The van der Waals surface area contributed by atoms with Gasteiger partial charge in [0.1, 0.15) is 24.7 Å². The predicted molar refractivity (Wildman–Crippen MR) is 102 cm³/mol. The summed E-state index contributed by atoms with van der Waals surface area (Å²) < 4.78 is 31.6. The summed E-state index contributed by atoms with van der Waals surface area (Å²) in [7, 11) is 0. The molecule has 0 spiro atoms. The van der Waals surface area contributed by atoms with Gasteiger partial charge < -0.3 is 20.7 Å². The second kappa shape index (κ2) is 9.21. The molecule has 0 unspecified atom stereocenters. The number of nitrogens with zero attached hydrogens (tertiary/aromatic N) is 4. The second-order valence-corrected chi connectivity index (χ2v) is 6.71. The van der Waals surface area contributed by atoms with Gasteiger partial charge in [0.2, 0.25) is 0 Å². The first-order chi connectivity index (χ1) is 14.4. The monoisotopic (exact) mass is 418 g/mol. The van der Waals surface area contributed by atoms with Crippen LogP contribution in [0, 0.1) is 23.1 Å². The van der Waals surface area contributed by atoms with E-state index in [0.717, 1.165) is 0 Å². The van der Waals surface area contributed by atoms with Gasteiger partial charge in [0, 0.05) is 25.0 Å². The number of piperidine rings is 1. The summed E-state index contributed by atoms with van der Waals surface area (Å²) >= 11 is 0. The summed E-state index contributed by atoms with van der Waals surface area (Å²) in [5.74, 6) is -1.58. The van der Waals surface area contributed by atoms with E-state index in [2.05, 4.69) is 16.5 Å². The average molecular weight is 418 g/mol. The highest BCUT2D eigenvalue weighted by atomic mass is 19.1. The summed E-state index contributed by atoms with van der Waals surface area (Å²) in [5, 5.41) is 16.9. The van der Waals surface area contributed by atoms with Gasteiger partial charge >= 0.3 is 6.09 Å². The quantitative estimate of drug-likeness (QED) is 0.742. The molecule has 0 saturated carbocycles. The smallest absolute Gasteiger partial charge is 0.409 e. The summed E-state index contributed by atoms with van der Waals surface area (Å²) in [6.07, 6.45) is 1.14. The van der Waals surface area contributed by atoms with Crippen molar-refractivity contribution in [2.45, 2.75) is 12.5 Å². The van der Waals surface area contributed by atoms with Crippen LogP contribution < -0.4 is 11.1 Å². The third-order valence-electron chi connectivity index (χ3n) is 4.75. The van der Waals surface area contributed by atoms with Crippen LogP contribution in [-0.4, -0.2) is 53.1 Å². The van der Waals surface area contributed by atoms with Crippen molar-refractivity contribution in [1.82, 2.24) is 14.7 Å². The Kier molecular flexibility index (Phi) is 6.46. The lowest BCUT2D eigenvalue weighted by Crippen LogP contribution is -2.44. The van der Waals surface area contributed by atoms with Crippen LogP contribution in [0.25, 0.3) is 0 Å². The maximum Gasteiger partial charge on any atom is 0.409 e. The number of nitrogens with two attached hydrogens (primary N) is 1. The number of anilines is 2. The van der Waals surface area contributed by atoms with E-state index in [-0.39, 0.29) is 31.1 Å². The number of carbonyl (C=O) groups is 2. The number of halogens is 2. The number of amides is 2. The molecule has 158 valence electrons. The Balaban J connectivity index is 1.79. The maximum atomic E-state index is 13.1. The third-order valence-corrected chi connectivity index (χ3v) is 4.75. The van der Waals surface area contributed by atoms with Crippen LogP contribution in [0.3, 0.4) is 0 Å². The molecule has 2 heterocycles. The third kappa shape index (κ3) is 4.65. The normalized spacial score (nSPS) is 18.5. The van der Waals surface area contributed by atoms with Crippen LogP contribution in [0.2, 0.25) is 0 Å². The van der Waals surface area contributed by atoms with Gasteiger partial charge in [0.05, 0.1) is 18.0 Å². The summed E-state index contributed by atoms with van der Waals surface area (Å²) in [5.41, 5.74) is 6.07. The predicted octanol–water partition coefficient (Wildman–Crippen LogP) is 2.36. The molecule has 3 N–H and O–H groups in total. The number of primary amides is 1. The summed E-state index contributed by atoms with van der Waals surface area (Å²) in [6.45, 7) is -0.758.